The molecule has 0 N–H and O–H groups in total. The molecule has 1 aromatic heterocycles. The average Bonchev–Trinajstić information content (AvgIpc) is 3.15. The van der Waals surface area contributed by atoms with Crippen LogP contribution in [0.25, 0.3) is 10.2 Å². The van der Waals surface area contributed by atoms with E-state index in [2.05, 4.69) is 4.98 Å². The molecular weight excluding hydrogens is 392 g/mol. The summed E-state index contributed by atoms with van der Waals surface area (Å²) in [6.07, 6.45) is 0. The van der Waals surface area contributed by atoms with E-state index in [4.69, 9.17) is 4.74 Å². The zero-order chi connectivity index (χ0) is 20.1. The summed E-state index contributed by atoms with van der Waals surface area (Å²) in [5, 5.41) is 0.471. The van der Waals surface area contributed by atoms with E-state index >= 15 is 0 Å². The monoisotopic (exact) mass is 414 g/mol. The van der Waals surface area contributed by atoms with Gasteiger partial charge in [0, 0.05) is 11.9 Å². The summed E-state index contributed by atoms with van der Waals surface area (Å²) in [4.78, 5) is 31.8. The molecule has 0 aliphatic carbocycles. The standard InChI is InChI=1S/C21H22N2O3S2/c1-14(20-22-17-11-7-8-12-18(17)28-20)23(3)19(24)13-26-21(25)15(2)27-16-9-5-4-6-10-16/h4-12,14-15H,13H2,1-3H3/t14-,15+/m0/s1. The molecule has 0 aliphatic heterocycles. The molecule has 5 nitrogen and oxygen atoms in total. The minimum absolute atomic E-state index is 0.195. The van der Waals surface area contributed by atoms with Crippen LogP contribution in [-0.2, 0) is 14.3 Å². The third kappa shape index (κ3) is 4.91. The number of esters is 1. The molecule has 1 heterocycles. The number of carbonyl (C=O) groups excluding carboxylic acids is 2. The highest BCUT2D eigenvalue weighted by Gasteiger charge is 2.23. The molecule has 0 unspecified atom stereocenters. The molecule has 28 heavy (non-hydrogen) atoms. The van der Waals surface area contributed by atoms with Crippen LogP contribution in [0.1, 0.15) is 24.9 Å². The number of para-hydroxylation sites is 1. The topological polar surface area (TPSA) is 59.5 Å². The van der Waals surface area contributed by atoms with Crippen molar-refractivity contribution in [3.05, 3.63) is 59.6 Å². The minimum Gasteiger partial charge on any atom is -0.455 e. The Kier molecular flexibility index (Phi) is 6.70. The number of fused-ring (bicyclic) bond motifs is 1. The lowest BCUT2D eigenvalue weighted by molar-refractivity contribution is -0.151. The number of hydrogen-bond acceptors (Lipinski definition) is 6. The Morgan fingerprint density at radius 3 is 2.50 bits per heavy atom. The van der Waals surface area contributed by atoms with Crippen LogP contribution >= 0.6 is 23.1 Å². The van der Waals surface area contributed by atoms with Crippen LogP contribution in [0.3, 0.4) is 0 Å². The minimum atomic E-state index is -0.400. The molecule has 0 aliphatic rings. The van der Waals surface area contributed by atoms with Crippen LogP contribution in [0.5, 0.6) is 0 Å². The van der Waals surface area contributed by atoms with Gasteiger partial charge in [0.1, 0.15) is 10.3 Å². The van der Waals surface area contributed by atoms with Gasteiger partial charge in [-0.15, -0.1) is 23.1 Å². The number of ether oxygens (including phenoxy) is 1. The summed E-state index contributed by atoms with van der Waals surface area (Å²) in [7, 11) is 1.70. The van der Waals surface area contributed by atoms with Crippen molar-refractivity contribution < 1.29 is 14.3 Å². The quantitative estimate of drug-likeness (QED) is 0.420. The first-order valence-corrected chi connectivity index (χ1v) is 10.6. The average molecular weight is 415 g/mol. The second-order valence-electron chi connectivity index (χ2n) is 6.38. The second-order valence-corrected chi connectivity index (χ2v) is 8.86. The Balaban J connectivity index is 1.53. The van der Waals surface area contributed by atoms with E-state index in [1.54, 1.807) is 30.2 Å². The largest absolute Gasteiger partial charge is 0.455 e. The van der Waals surface area contributed by atoms with E-state index in [0.29, 0.717) is 0 Å². The maximum Gasteiger partial charge on any atom is 0.319 e. The Bertz CT molecular complexity index is 925. The Morgan fingerprint density at radius 2 is 1.79 bits per heavy atom. The molecule has 3 rings (SSSR count). The first-order chi connectivity index (χ1) is 13.5. The third-order valence-corrected chi connectivity index (χ3v) is 6.67. The summed E-state index contributed by atoms with van der Waals surface area (Å²) in [5.74, 6) is -0.653. The van der Waals surface area contributed by atoms with Gasteiger partial charge >= 0.3 is 5.97 Å². The molecule has 3 aromatic rings. The molecule has 0 radical (unpaired) electrons. The number of hydrogen-bond donors (Lipinski definition) is 0. The van der Waals surface area contributed by atoms with Crippen LogP contribution in [0, 0.1) is 0 Å². The molecule has 0 fully saturated rings. The van der Waals surface area contributed by atoms with Crippen LogP contribution in [0.15, 0.2) is 59.5 Å². The van der Waals surface area contributed by atoms with Crippen molar-refractivity contribution in [1.29, 1.82) is 0 Å². The molecule has 0 saturated heterocycles. The SMILES string of the molecule is C[C@@H](Sc1ccccc1)C(=O)OCC(=O)N(C)[C@@H](C)c1nc2ccccc2s1. The van der Waals surface area contributed by atoms with Gasteiger partial charge in [-0.05, 0) is 38.1 Å². The molecule has 2 aromatic carbocycles. The van der Waals surface area contributed by atoms with Crippen molar-refractivity contribution in [2.24, 2.45) is 0 Å². The fourth-order valence-corrected chi connectivity index (χ4v) is 4.50. The molecule has 146 valence electrons. The van der Waals surface area contributed by atoms with Crippen LogP contribution in [-0.4, -0.2) is 40.7 Å². The lowest BCUT2D eigenvalue weighted by Gasteiger charge is -2.23. The predicted octanol–water partition coefficient (Wildman–Crippen LogP) is 4.54. The van der Waals surface area contributed by atoms with E-state index in [1.807, 2.05) is 61.5 Å². The number of carbonyl (C=O) groups is 2. The van der Waals surface area contributed by atoms with Gasteiger partial charge in [-0.25, -0.2) is 4.98 Å². The highest BCUT2D eigenvalue weighted by atomic mass is 32.2. The Hall–Kier alpha value is -2.38. The zero-order valence-electron chi connectivity index (χ0n) is 16.0. The van der Waals surface area contributed by atoms with Crippen molar-refractivity contribution >= 4 is 45.2 Å². The Morgan fingerprint density at radius 1 is 1.11 bits per heavy atom. The van der Waals surface area contributed by atoms with Crippen molar-refractivity contribution in [3.8, 4) is 0 Å². The van der Waals surface area contributed by atoms with Gasteiger partial charge in [-0.3, -0.25) is 9.59 Å². The summed E-state index contributed by atoms with van der Waals surface area (Å²) in [6.45, 7) is 3.42. The van der Waals surface area contributed by atoms with E-state index in [1.165, 1.54) is 11.8 Å². The number of amides is 1. The Labute approximate surface area is 172 Å². The maximum atomic E-state index is 12.5. The molecule has 0 bridgehead atoms. The number of rotatable bonds is 7. The number of thioether (sulfide) groups is 1. The highest BCUT2D eigenvalue weighted by Crippen LogP contribution is 2.29. The third-order valence-electron chi connectivity index (χ3n) is 4.37. The summed E-state index contributed by atoms with van der Waals surface area (Å²) in [6, 6.07) is 17.3. The lowest BCUT2D eigenvalue weighted by atomic mass is 10.3. The maximum absolute atomic E-state index is 12.5. The number of thiazole rings is 1. The number of likely N-dealkylation sites (N-methyl/N-ethyl adjacent to an activating group) is 1. The van der Waals surface area contributed by atoms with E-state index in [0.717, 1.165) is 20.1 Å². The number of nitrogens with zero attached hydrogens (tertiary/aromatic N) is 2. The molecule has 1 amide bonds. The van der Waals surface area contributed by atoms with Gasteiger partial charge in [0.05, 0.1) is 16.3 Å². The summed E-state index contributed by atoms with van der Waals surface area (Å²) in [5.41, 5.74) is 0.924. The van der Waals surface area contributed by atoms with Gasteiger partial charge in [0.2, 0.25) is 0 Å². The van der Waals surface area contributed by atoms with Crippen LogP contribution in [0.2, 0.25) is 0 Å². The van der Waals surface area contributed by atoms with Gasteiger partial charge in [0.15, 0.2) is 6.61 Å². The van der Waals surface area contributed by atoms with Gasteiger partial charge in [0.25, 0.3) is 5.91 Å². The number of aromatic nitrogens is 1. The van der Waals surface area contributed by atoms with Crippen LogP contribution < -0.4 is 0 Å². The molecule has 0 spiro atoms. The number of benzene rings is 2. The van der Waals surface area contributed by atoms with Gasteiger partial charge in [-0.1, -0.05) is 30.3 Å². The first-order valence-electron chi connectivity index (χ1n) is 8.95. The molecule has 7 heteroatoms. The first kappa shape index (κ1) is 20.4. The van der Waals surface area contributed by atoms with Crippen molar-refractivity contribution in [1.82, 2.24) is 9.88 Å². The van der Waals surface area contributed by atoms with Crippen LogP contribution in [0.4, 0.5) is 0 Å². The molecular formula is C21H22N2O3S2. The zero-order valence-corrected chi connectivity index (χ0v) is 17.6. The van der Waals surface area contributed by atoms with Gasteiger partial charge in [-0.2, -0.15) is 0 Å². The molecule has 2 atom stereocenters. The predicted molar refractivity (Wildman–Crippen MR) is 114 cm³/mol. The van der Waals surface area contributed by atoms with E-state index in [9.17, 15) is 9.59 Å². The van der Waals surface area contributed by atoms with E-state index < -0.39 is 5.97 Å². The fraction of sp³-hybridized carbons (Fsp3) is 0.286. The smallest absolute Gasteiger partial charge is 0.319 e. The lowest BCUT2D eigenvalue weighted by Crippen LogP contribution is -2.34. The normalized spacial score (nSPS) is 13.1. The fourth-order valence-electron chi connectivity index (χ4n) is 2.55. The van der Waals surface area contributed by atoms with Crippen molar-refractivity contribution in [2.45, 2.75) is 30.0 Å². The summed E-state index contributed by atoms with van der Waals surface area (Å²) < 4.78 is 6.32. The van der Waals surface area contributed by atoms with E-state index in [-0.39, 0.29) is 23.8 Å². The van der Waals surface area contributed by atoms with Gasteiger partial charge < -0.3 is 9.64 Å². The summed E-state index contributed by atoms with van der Waals surface area (Å²) >= 11 is 2.98. The van der Waals surface area contributed by atoms with Crippen molar-refractivity contribution in [2.75, 3.05) is 13.7 Å². The second kappa shape index (κ2) is 9.21. The molecule has 0 saturated carbocycles. The highest BCUT2D eigenvalue weighted by molar-refractivity contribution is 8.00. The van der Waals surface area contributed by atoms with Crippen molar-refractivity contribution in [3.63, 3.8) is 0 Å².